The number of carbonyl (C=O) groups is 2. The quantitative estimate of drug-likeness (QED) is 0.771. The number of ether oxygens (including phenoxy) is 1. The molecular formula is C18H25NO4. The maximum atomic E-state index is 12.3. The van der Waals surface area contributed by atoms with Gasteiger partial charge < -0.3 is 15.2 Å². The van der Waals surface area contributed by atoms with Gasteiger partial charge in [-0.1, -0.05) is 30.3 Å². The Kier molecular flexibility index (Phi) is 7.07. The molecule has 0 radical (unpaired) electrons. The summed E-state index contributed by atoms with van der Waals surface area (Å²) in [7, 11) is 0. The number of carbonyl (C=O) groups excluding carboxylic acids is 1. The maximum absolute atomic E-state index is 12.3. The third-order valence-electron chi connectivity index (χ3n) is 4.21. The van der Waals surface area contributed by atoms with Crippen molar-refractivity contribution in [3.8, 4) is 0 Å². The van der Waals surface area contributed by atoms with E-state index in [9.17, 15) is 9.59 Å². The second kappa shape index (κ2) is 9.30. The Morgan fingerprint density at radius 2 is 1.91 bits per heavy atom. The van der Waals surface area contributed by atoms with Gasteiger partial charge in [0.15, 0.2) is 0 Å². The van der Waals surface area contributed by atoms with Gasteiger partial charge in [0.25, 0.3) is 0 Å². The van der Waals surface area contributed by atoms with Crippen LogP contribution in [0.5, 0.6) is 0 Å². The molecule has 0 bridgehead atoms. The summed E-state index contributed by atoms with van der Waals surface area (Å²) < 4.78 is 5.31. The Morgan fingerprint density at radius 3 is 2.57 bits per heavy atom. The molecule has 1 saturated heterocycles. The van der Waals surface area contributed by atoms with Crippen molar-refractivity contribution >= 4 is 11.9 Å². The lowest BCUT2D eigenvalue weighted by atomic mass is 9.95. The molecule has 0 spiro atoms. The van der Waals surface area contributed by atoms with Crippen LogP contribution < -0.4 is 5.32 Å². The highest BCUT2D eigenvalue weighted by Gasteiger charge is 2.20. The van der Waals surface area contributed by atoms with E-state index in [2.05, 4.69) is 5.32 Å². The average molecular weight is 319 g/mol. The lowest BCUT2D eigenvalue weighted by Gasteiger charge is -2.23. The minimum Gasteiger partial charge on any atom is -0.481 e. The van der Waals surface area contributed by atoms with Gasteiger partial charge in [0, 0.05) is 32.1 Å². The summed E-state index contributed by atoms with van der Waals surface area (Å²) in [5.74, 6) is -0.439. The first-order chi connectivity index (χ1) is 11.1. The fourth-order valence-electron chi connectivity index (χ4n) is 2.92. The molecule has 1 fully saturated rings. The minimum absolute atomic E-state index is 0.0169. The van der Waals surface area contributed by atoms with Crippen LogP contribution in [0.3, 0.4) is 0 Å². The second-order valence-corrected chi connectivity index (χ2v) is 6.15. The second-order valence-electron chi connectivity index (χ2n) is 6.15. The lowest BCUT2D eigenvalue weighted by molar-refractivity contribution is -0.137. The van der Waals surface area contributed by atoms with Crippen molar-refractivity contribution in [3.05, 3.63) is 35.9 Å². The van der Waals surface area contributed by atoms with Crippen molar-refractivity contribution in [2.24, 2.45) is 5.92 Å². The molecule has 5 nitrogen and oxygen atoms in total. The average Bonchev–Trinajstić information content (AvgIpc) is 2.54. The molecule has 1 aromatic rings. The van der Waals surface area contributed by atoms with Gasteiger partial charge in [-0.2, -0.15) is 0 Å². The monoisotopic (exact) mass is 319 g/mol. The number of carboxylic acid groups (broad SMARTS) is 1. The molecule has 0 aromatic heterocycles. The first kappa shape index (κ1) is 17.5. The topological polar surface area (TPSA) is 75.6 Å². The summed E-state index contributed by atoms with van der Waals surface area (Å²) in [5, 5.41) is 11.9. The molecule has 1 heterocycles. The van der Waals surface area contributed by atoms with E-state index in [4.69, 9.17) is 9.84 Å². The van der Waals surface area contributed by atoms with E-state index in [1.807, 2.05) is 30.3 Å². The Morgan fingerprint density at radius 1 is 1.22 bits per heavy atom. The van der Waals surface area contributed by atoms with E-state index in [1.54, 1.807) is 0 Å². The van der Waals surface area contributed by atoms with Gasteiger partial charge in [-0.3, -0.25) is 9.59 Å². The van der Waals surface area contributed by atoms with Gasteiger partial charge in [-0.05, 0) is 37.2 Å². The number of benzene rings is 1. The van der Waals surface area contributed by atoms with Gasteiger partial charge in [0.2, 0.25) is 5.91 Å². The summed E-state index contributed by atoms with van der Waals surface area (Å²) in [4.78, 5) is 23.1. The van der Waals surface area contributed by atoms with Gasteiger partial charge in [0.05, 0.1) is 0 Å². The van der Waals surface area contributed by atoms with Crippen LogP contribution in [0.1, 0.15) is 37.7 Å². The van der Waals surface area contributed by atoms with E-state index in [-0.39, 0.29) is 18.4 Å². The minimum atomic E-state index is -0.832. The summed E-state index contributed by atoms with van der Waals surface area (Å²) in [5.41, 5.74) is 1.11. The van der Waals surface area contributed by atoms with Gasteiger partial charge in [-0.15, -0.1) is 0 Å². The lowest BCUT2D eigenvalue weighted by Crippen LogP contribution is -2.38. The fourth-order valence-corrected chi connectivity index (χ4v) is 2.92. The molecule has 1 aromatic carbocycles. The zero-order chi connectivity index (χ0) is 16.5. The molecule has 1 amide bonds. The smallest absolute Gasteiger partial charge is 0.303 e. The van der Waals surface area contributed by atoms with Crippen molar-refractivity contribution in [3.63, 3.8) is 0 Å². The van der Waals surface area contributed by atoms with Gasteiger partial charge in [-0.25, -0.2) is 0 Å². The highest BCUT2D eigenvalue weighted by Crippen LogP contribution is 2.18. The summed E-state index contributed by atoms with van der Waals surface area (Å²) in [6.45, 7) is 1.45. The summed E-state index contributed by atoms with van der Waals surface area (Å²) in [6.07, 6.45) is 3.52. The van der Waals surface area contributed by atoms with E-state index < -0.39 is 5.97 Å². The number of hydrogen-bond acceptors (Lipinski definition) is 3. The van der Waals surface area contributed by atoms with Crippen LogP contribution in [-0.4, -0.2) is 36.2 Å². The maximum Gasteiger partial charge on any atom is 0.303 e. The normalized spacial score (nSPS) is 16.7. The molecule has 23 heavy (non-hydrogen) atoms. The molecule has 1 atom stereocenters. The van der Waals surface area contributed by atoms with Crippen molar-refractivity contribution in [2.45, 2.75) is 44.6 Å². The van der Waals surface area contributed by atoms with Crippen molar-refractivity contribution in [1.29, 1.82) is 0 Å². The van der Waals surface area contributed by atoms with Crippen molar-refractivity contribution in [1.82, 2.24) is 5.32 Å². The predicted molar refractivity (Wildman–Crippen MR) is 87.1 cm³/mol. The molecule has 1 aliphatic rings. The molecule has 2 rings (SSSR count). The number of rotatable bonds is 8. The SMILES string of the molecule is O=C(O)CCC(Cc1ccccc1)NC(=O)CC1CCOCC1. The first-order valence-electron chi connectivity index (χ1n) is 8.26. The zero-order valence-electron chi connectivity index (χ0n) is 13.4. The van der Waals surface area contributed by atoms with Crippen molar-refractivity contribution < 1.29 is 19.4 Å². The van der Waals surface area contributed by atoms with E-state index in [0.29, 0.717) is 25.2 Å². The van der Waals surface area contributed by atoms with Crippen LogP contribution in [0.15, 0.2) is 30.3 Å². The molecule has 0 saturated carbocycles. The van der Waals surface area contributed by atoms with E-state index in [1.165, 1.54) is 0 Å². The third kappa shape index (κ3) is 6.82. The number of carboxylic acids is 1. The molecule has 0 aliphatic carbocycles. The Labute approximate surface area is 137 Å². The largest absolute Gasteiger partial charge is 0.481 e. The Hall–Kier alpha value is -1.88. The van der Waals surface area contributed by atoms with E-state index >= 15 is 0 Å². The Bertz CT molecular complexity index is 497. The molecule has 1 unspecified atom stereocenters. The molecular weight excluding hydrogens is 294 g/mol. The predicted octanol–water partition coefficient (Wildman–Crippen LogP) is 2.40. The zero-order valence-corrected chi connectivity index (χ0v) is 13.4. The van der Waals surface area contributed by atoms with Crippen LogP contribution in [0.2, 0.25) is 0 Å². The van der Waals surface area contributed by atoms with Crippen LogP contribution in [0.4, 0.5) is 0 Å². The first-order valence-corrected chi connectivity index (χ1v) is 8.26. The van der Waals surface area contributed by atoms with Crippen LogP contribution in [0.25, 0.3) is 0 Å². The summed E-state index contributed by atoms with van der Waals surface area (Å²) in [6, 6.07) is 9.71. The highest BCUT2D eigenvalue weighted by atomic mass is 16.5. The third-order valence-corrected chi connectivity index (χ3v) is 4.21. The van der Waals surface area contributed by atoms with Crippen LogP contribution in [-0.2, 0) is 20.7 Å². The van der Waals surface area contributed by atoms with Gasteiger partial charge >= 0.3 is 5.97 Å². The van der Waals surface area contributed by atoms with Crippen LogP contribution >= 0.6 is 0 Å². The molecule has 2 N–H and O–H groups in total. The van der Waals surface area contributed by atoms with Crippen molar-refractivity contribution in [2.75, 3.05) is 13.2 Å². The Balaban J connectivity index is 1.87. The van der Waals surface area contributed by atoms with Crippen LogP contribution in [0, 0.1) is 5.92 Å². The molecule has 126 valence electrons. The fraction of sp³-hybridized carbons (Fsp3) is 0.556. The molecule has 1 aliphatic heterocycles. The number of aliphatic carboxylic acids is 1. The number of amides is 1. The summed E-state index contributed by atoms with van der Waals surface area (Å²) >= 11 is 0. The van der Waals surface area contributed by atoms with Gasteiger partial charge in [0.1, 0.15) is 0 Å². The highest BCUT2D eigenvalue weighted by molar-refractivity contribution is 5.76. The number of hydrogen-bond donors (Lipinski definition) is 2. The molecule has 5 heteroatoms. The number of nitrogens with one attached hydrogen (secondary N) is 1. The van der Waals surface area contributed by atoms with E-state index in [0.717, 1.165) is 31.6 Å². The standard InChI is InChI=1S/C18H25NO4/c20-17(13-15-8-10-23-11-9-15)19-16(6-7-18(21)22)12-14-4-2-1-3-5-14/h1-5,15-16H,6-13H2,(H,19,20)(H,21,22).